The predicted octanol–water partition coefficient (Wildman–Crippen LogP) is -0.341. The smallest absolute Gasteiger partial charge is 0.326 e. The van der Waals surface area contributed by atoms with Gasteiger partial charge in [-0.2, -0.15) is 0 Å². The van der Waals surface area contributed by atoms with E-state index in [9.17, 15) is 14.4 Å². The number of nitrogens with two attached hydrogens (primary N) is 1. The molecular weight excluding hydrogens is 226 g/mol. The SMILES string of the molecule is CCC(C)[C@H](NC(=O)NC(C)C(N)=O)C(=O)O. The van der Waals surface area contributed by atoms with Gasteiger partial charge in [0, 0.05) is 0 Å². The van der Waals surface area contributed by atoms with Crippen LogP contribution in [0.2, 0.25) is 0 Å². The van der Waals surface area contributed by atoms with E-state index in [1.54, 1.807) is 6.92 Å². The molecule has 0 aliphatic heterocycles. The number of primary amides is 1. The highest BCUT2D eigenvalue weighted by molar-refractivity contribution is 5.87. The van der Waals surface area contributed by atoms with Gasteiger partial charge in [-0.25, -0.2) is 9.59 Å². The number of urea groups is 1. The number of carbonyl (C=O) groups is 3. The lowest BCUT2D eigenvalue weighted by Gasteiger charge is -2.21. The van der Waals surface area contributed by atoms with Crippen molar-refractivity contribution < 1.29 is 19.5 Å². The third-order valence-electron chi connectivity index (χ3n) is 2.54. The first-order valence-electron chi connectivity index (χ1n) is 5.38. The number of hydrogen-bond acceptors (Lipinski definition) is 3. The Morgan fingerprint density at radius 2 is 1.76 bits per heavy atom. The first-order chi connectivity index (χ1) is 7.79. The van der Waals surface area contributed by atoms with Gasteiger partial charge in [0.15, 0.2) is 0 Å². The zero-order valence-corrected chi connectivity index (χ0v) is 10.2. The van der Waals surface area contributed by atoms with Crippen molar-refractivity contribution in [2.24, 2.45) is 11.7 Å². The van der Waals surface area contributed by atoms with Crippen LogP contribution in [-0.2, 0) is 9.59 Å². The summed E-state index contributed by atoms with van der Waals surface area (Å²) < 4.78 is 0. The molecule has 0 heterocycles. The molecule has 3 amide bonds. The fraction of sp³-hybridized carbons (Fsp3) is 0.700. The van der Waals surface area contributed by atoms with E-state index in [0.717, 1.165) is 0 Å². The number of rotatable bonds is 6. The molecule has 0 radical (unpaired) electrons. The van der Waals surface area contributed by atoms with Crippen LogP contribution in [0.25, 0.3) is 0 Å². The molecule has 7 heteroatoms. The lowest BCUT2D eigenvalue weighted by atomic mass is 9.99. The topological polar surface area (TPSA) is 122 Å². The average Bonchev–Trinajstić information content (AvgIpc) is 2.24. The van der Waals surface area contributed by atoms with Gasteiger partial charge in [0.1, 0.15) is 12.1 Å². The van der Waals surface area contributed by atoms with Crippen molar-refractivity contribution in [2.75, 3.05) is 0 Å². The van der Waals surface area contributed by atoms with Crippen LogP contribution in [0.4, 0.5) is 4.79 Å². The van der Waals surface area contributed by atoms with Crippen molar-refractivity contribution in [2.45, 2.75) is 39.3 Å². The van der Waals surface area contributed by atoms with Crippen LogP contribution >= 0.6 is 0 Å². The Kier molecular flexibility index (Phi) is 6.01. The quantitative estimate of drug-likeness (QED) is 0.511. The highest BCUT2D eigenvalue weighted by Gasteiger charge is 2.26. The molecule has 0 aliphatic rings. The Hall–Kier alpha value is -1.79. The molecule has 0 aliphatic carbocycles. The lowest BCUT2D eigenvalue weighted by Crippen LogP contribution is -2.53. The van der Waals surface area contributed by atoms with Gasteiger partial charge >= 0.3 is 12.0 Å². The standard InChI is InChI=1S/C10H19N3O4/c1-4-5(2)7(9(15)16)13-10(17)12-6(3)8(11)14/h5-7H,4H2,1-3H3,(H2,11,14)(H,15,16)(H2,12,13,17)/t5?,6?,7-/m0/s1. The van der Waals surface area contributed by atoms with E-state index in [1.165, 1.54) is 6.92 Å². The third kappa shape index (κ3) is 5.19. The maximum atomic E-state index is 11.4. The van der Waals surface area contributed by atoms with Crippen LogP contribution in [0.1, 0.15) is 27.2 Å². The summed E-state index contributed by atoms with van der Waals surface area (Å²) in [5, 5.41) is 13.5. The molecule has 17 heavy (non-hydrogen) atoms. The minimum Gasteiger partial charge on any atom is -0.480 e. The van der Waals surface area contributed by atoms with Crippen molar-refractivity contribution in [3.8, 4) is 0 Å². The van der Waals surface area contributed by atoms with Gasteiger partial charge in [-0.3, -0.25) is 4.79 Å². The van der Waals surface area contributed by atoms with E-state index >= 15 is 0 Å². The van der Waals surface area contributed by atoms with Crippen LogP contribution < -0.4 is 16.4 Å². The zero-order valence-electron chi connectivity index (χ0n) is 10.2. The van der Waals surface area contributed by atoms with Gasteiger partial charge in [0.05, 0.1) is 0 Å². The predicted molar refractivity (Wildman–Crippen MR) is 61.2 cm³/mol. The van der Waals surface area contributed by atoms with Gasteiger partial charge in [-0.1, -0.05) is 20.3 Å². The van der Waals surface area contributed by atoms with Crippen LogP contribution in [0.15, 0.2) is 0 Å². The van der Waals surface area contributed by atoms with Crippen LogP contribution in [0, 0.1) is 5.92 Å². The van der Waals surface area contributed by atoms with Gasteiger partial charge in [0.2, 0.25) is 5.91 Å². The van der Waals surface area contributed by atoms with E-state index < -0.39 is 30.0 Å². The molecule has 0 spiro atoms. The molecule has 98 valence electrons. The van der Waals surface area contributed by atoms with Gasteiger partial charge < -0.3 is 21.5 Å². The van der Waals surface area contributed by atoms with Gasteiger partial charge in [0.25, 0.3) is 0 Å². The molecule has 0 aromatic heterocycles. The Morgan fingerprint density at radius 3 is 2.12 bits per heavy atom. The summed E-state index contributed by atoms with van der Waals surface area (Å²) in [6.07, 6.45) is 0.614. The summed E-state index contributed by atoms with van der Waals surface area (Å²) >= 11 is 0. The lowest BCUT2D eigenvalue weighted by molar-refractivity contribution is -0.140. The van der Waals surface area contributed by atoms with Crippen molar-refractivity contribution in [3.05, 3.63) is 0 Å². The highest BCUT2D eigenvalue weighted by Crippen LogP contribution is 2.07. The third-order valence-corrected chi connectivity index (χ3v) is 2.54. The second-order valence-electron chi connectivity index (χ2n) is 3.94. The summed E-state index contributed by atoms with van der Waals surface area (Å²) in [6, 6.07) is -2.55. The first kappa shape index (κ1) is 15.2. The number of aliphatic carboxylic acids is 1. The van der Waals surface area contributed by atoms with Crippen molar-refractivity contribution in [1.29, 1.82) is 0 Å². The Morgan fingerprint density at radius 1 is 1.24 bits per heavy atom. The van der Waals surface area contributed by atoms with Crippen LogP contribution in [0.5, 0.6) is 0 Å². The average molecular weight is 245 g/mol. The number of nitrogens with one attached hydrogen (secondary N) is 2. The minimum atomic E-state index is -1.11. The first-order valence-corrected chi connectivity index (χ1v) is 5.38. The molecule has 7 nitrogen and oxygen atoms in total. The largest absolute Gasteiger partial charge is 0.480 e. The molecular formula is C10H19N3O4. The normalized spacial score (nSPS) is 15.5. The summed E-state index contributed by atoms with van der Waals surface area (Å²) in [6.45, 7) is 4.96. The van der Waals surface area contributed by atoms with Crippen LogP contribution in [0.3, 0.4) is 0 Å². The molecule has 0 fully saturated rings. The maximum Gasteiger partial charge on any atom is 0.326 e. The number of carboxylic acid groups (broad SMARTS) is 1. The van der Waals surface area contributed by atoms with E-state index in [1.807, 2.05) is 6.92 Å². The number of amides is 3. The number of hydrogen-bond donors (Lipinski definition) is 4. The van der Waals surface area contributed by atoms with E-state index in [4.69, 9.17) is 10.8 Å². The number of carboxylic acids is 1. The fourth-order valence-corrected chi connectivity index (χ4v) is 1.13. The fourth-order valence-electron chi connectivity index (χ4n) is 1.13. The Labute approximate surface area is 99.7 Å². The second kappa shape index (κ2) is 6.72. The number of carbonyl (C=O) groups excluding carboxylic acids is 2. The molecule has 0 saturated carbocycles. The van der Waals surface area contributed by atoms with E-state index in [0.29, 0.717) is 6.42 Å². The summed E-state index contributed by atoms with van der Waals surface area (Å²) in [4.78, 5) is 33.0. The van der Waals surface area contributed by atoms with Gasteiger partial charge in [-0.05, 0) is 12.8 Å². The molecule has 0 aromatic rings. The Balaban J connectivity index is 4.42. The molecule has 3 atom stereocenters. The minimum absolute atomic E-state index is 0.206. The molecule has 0 rings (SSSR count). The molecule has 5 N–H and O–H groups in total. The molecule has 0 bridgehead atoms. The summed E-state index contributed by atoms with van der Waals surface area (Å²) in [5.41, 5.74) is 4.96. The summed E-state index contributed by atoms with van der Waals surface area (Å²) in [7, 11) is 0. The van der Waals surface area contributed by atoms with E-state index in [2.05, 4.69) is 10.6 Å². The van der Waals surface area contributed by atoms with Gasteiger partial charge in [-0.15, -0.1) is 0 Å². The monoisotopic (exact) mass is 245 g/mol. The van der Waals surface area contributed by atoms with Crippen molar-refractivity contribution in [3.63, 3.8) is 0 Å². The molecule has 0 saturated heterocycles. The zero-order chi connectivity index (χ0) is 13.6. The van der Waals surface area contributed by atoms with Crippen molar-refractivity contribution >= 4 is 17.9 Å². The molecule has 2 unspecified atom stereocenters. The Bertz CT molecular complexity index is 306. The summed E-state index contributed by atoms with van der Waals surface area (Å²) in [5.74, 6) is -2.00. The van der Waals surface area contributed by atoms with Crippen LogP contribution in [-0.4, -0.2) is 35.1 Å². The van der Waals surface area contributed by atoms with Crippen molar-refractivity contribution in [1.82, 2.24) is 10.6 Å². The molecule has 0 aromatic carbocycles. The second-order valence-corrected chi connectivity index (χ2v) is 3.94. The van der Waals surface area contributed by atoms with E-state index in [-0.39, 0.29) is 5.92 Å². The maximum absolute atomic E-state index is 11.4. The highest BCUT2D eigenvalue weighted by atomic mass is 16.4.